The largest absolute Gasteiger partial charge is 0.355 e. The minimum absolute atomic E-state index is 0.243. The number of alkyl halides is 1. The molecule has 0 aromatic heterocycles. The Morgan fingerprint density at radius 1 is 1.38 bits per heavy atom. The first-order valence-corrected chi connectivity index (χ1v) is 5.68. The van der Waals surface area contributed by atoms with Crippen molar-refractivity contribution in [2.75, 3.05) is 12.4 Å². The lowest BCUT2D eigenvalue weighted by atomic mass is 9.88. The van der Waals surface area contributed by atoms with Crippen molar-refractivity contribution in [3.8, 4) is 0 Å². The molecular weight excluding hydrogens is 186 g/mol. The summed E-state index contributed by atoms with van der Waals surface area (Å²) in [5.41, 5.74) is 0. The van der Waals surface area contributed by atoms with Crippen LogP contribution >= 0.6 is 11.6 Å². The van der Waals surface area contributed by atoms with E-state index in [9.17, 15) is 4.79 Å². The summed E-state index contributed by atoms with van der Waals surface area (Å²) in [7, 11) is 0. The number of nitrogens with one attached hydrogen (secondary N) is 1. The molecule has 2 nitrogen and oxygen atoms in total. The molecule has 2 bridgehead atoms. The standard InChI is InChI=1S/C10H16ClNO/c11-3-4-12-10(13)9-6-7-1-2-8(9)5-7/h7-9H,1-6H2,(H,12,13). The van der Waals surface area contributed by atoms with Crippen molar-refractivity contribution in [2.45, 2.75) is 25.7 Å². The van der Waals surface area contributed by atoms with E-state index in [1.54, 1.807) is 0 Å². The molecule has 0 radical (unpaired) electrons. The maximum Gasteiger partial charge on any atom is 0.223 e. The lowest BCUT2D eigenvalue weighted by Gasteiger charge is -2.20. The van der Waals surface area contributed by atoms with Crippen LogP contribution in [0.1, 0.15) is 25.7 Å². The summed E-state index contributed by atoms with van der Waals surface area (Å²) in [5.74, 6) is 2.60. The normalized spacial score (nSPS) is 36.5. The Balaban J connectivity index is 1.84. The van der Waals surface area contributed by atoms with Gasteiger partial charge in [0.25, 0.3) is 0 Å². The third-order valence-corrected chi connectivity index (χ3v) is 3.66. The monoisotopic (exact) mass is 201 g/mol. The van der Waals surface area contributed by atoms with Crippen molar-refractivity contribution in [1.29, 1.82) is 0 Å². The summed E-state index contributed by atoms with van der Waals surface area (Å²) >= 11 is 5.52. The Morgan fingerprint density at radius 3 is 2.77 bits per heavy atom. The van der Waals surface area contributed by atoms with E-state index in [1.165, 1.54) is 19.3 Å². The second-order valence-corrected chi connectivity index (χ2v) is 4.64. The molecule has 2 aliphatic rings. The molecular formula is C10H16ClNO. The average molecular weight is 202 g/mol. The van der Waals surface area contributed by atoms with E-state index < -0.39 is 0 Å². The van der Waals surface area contributed by atoms with Crippen LogP contribution in [0.15, 0.2) is 0 Å². The molecule has 0 saturated heterocycles. The fourth-order valence-corrected chi connectivity index (χ4v) is 2.96. The van der Waals surface area contributed by atoms with Gasteiger partial charge in [-0.05, 0) is 31.1 Å². The molecule has 0 aromatic rings. The Bertz CT molecular complexity index is 207. The highest BCUT2D eigenvalue weighted by atomic mass is 35.5. The van der Waals surface area contributed by atoms with Crippen LogP contribution in [-0.4, -0.2) is 18.3 Å². The smallest absolute Gasteiger partial charge is 0.223 e. The molecule has 2 rings (SSSR count). The van der Waals surface area contributed by atoms with Crippen LogP contribution in [0.2, 0.25) is 0 Å². The minimum Gasteiger partial charge on any atom is -0.355 e. The summed E-state index contributed by atoms with van der Waals surface area (Å²) in [4.78, 5) is 11.6. The molecule has 74 valence electrons. The maximum atomic E-state index is 11.6. The van der Waals surface area contributed by atoms with Gasteiger partial charge in [0.1, 0.15) is 0 Å². The summed E-state index contributed by atoms with van der Waals surface area (Å²) in [6.45, 7) is 0.619. The van der Waals surface area contributed by atoms with Gasteiger partial charge in [-0.3, -0.25) is 4.79 Å². The van der Waals surface area contributed by atoms with Crippen molar-refractivity contribution in [2.24, 2.45) is 17.8 Å². The van der Waals surface area contributed by atoms with Gasteiger partial charge in [-0.2, -0.15) is 0 Å². The van der Waals surface area contributed by atoms with Crippen LogP contribution in [0, 0.1) is 17.8 Å². The second-order valence-electron chi connectivity index (χ2n) is 4.26. The predicted octanol–water partition coefficient (Wildman–Crippen LogP) is 1.78. The fraction of sp³-hybridized carbons (Fsp3) is 0.900. The van der Waals surface area contributed by atoms with Crippen LogP contribution in [0.25, 0.3) is 0 Å². The SMILES string of the molecule is O=C(NCCCl)C1CC2CCC1C2. The lowest BCUT2D eigenvalue weighted by molar-refractivity contribution is -0.126. The van der Waals surface area contributed by atoms with Crippen LogP contribution in [0.3, 0.4) is 0 Å². The Labute approximate surface area is 84.0 Å². The first-order chi connectivity index (χ1) is 6.31. The van der Waals surface area contributed by atoms with E-state index in [4.69, 9.17) is 11.6 Å². The van der Waals surface area contributed by atoms with Crippen molar-refractivity contribution in [3.63, 3.8) is 0 Å². The van der Waals surface area contributed by atoms with Gasteiger partial charge in [-0.15, -0.1) is 11.6 Å². The van der Waals surface area contributed by atoms with E-state index in [0.29, 0.717) is 24.3 Å². The number of hydrogen-bond donors (Lipinski definition) is 1. The molecule has 0 aromatic carbocycles. The zero-order valence-corrected chi connectivity index (χ0v) is 8.52. The van der Waals surface area contributed by atoms with E-state index in [0.717, 1.165) is 12.3 Å². The molecule has 1 N–H and O–H groups in total. The Morgan fingerprint density at radius 2 is 2.23 bits per heavy atom. The van der Waals surface area contributed by atoms with E-state index in [-0.39, 0.29) is 5.91 Å². The lowest BCUT2D eigenvalue weighted by Crippen LogP contribution is -2.34. The number of rotatable bonds is 3. The number of halogens is 1. The molecule has 3 heteroatoms. The third kappa shape index (κ3) is 1.83. The van der Waals surface area contributed by atoms with Crippen molar-refractivity contribution < 1.29 is 4.79 Å². The fourth-order valence-electron chi connectivity index (χ4n) is 2.87. The first kappa shape index (κ1) is 9.32. The van der Waals surface area contributed by atoms with Crippen LogP contribution in [-0.2, 0) is 4.79 Å². The molecule has 3 unspecified atom stereocenters. The molecule has 0 aliphatic heterocycles. The summed E-state index contributed by atoms with van der Waals surface area (Å²) in [6, 6.07) is 0. The Kier molecular flexibility index (Phi) is 2.77. The number of amides is 1. The topological polar surface area (TPSA) is 29.1 Å². The number of hydrogen-bond acceptors (Lipinski definition) is 1. The molecule has 3 atom stereocenters. The summed E-state index contributed by atoms with van der Waals surface area (Å²) in [5, 5.41) is 2.89. The van der Waals surface area contributed by atoms with Crippen LogP contribution in [0.5, 0.6) is 0 Å². The van der Waals surface area contributed by atoms with Gasteiger partial charge in [0.05, 0.1) is 0 Å². The summed E-state index contributed by atoms with van der Waals surface area (Å²) in [6.07, 6.45) is 5.03. The van der Waals surface area contributed by atoms with Gasteiger partial charge >= 0.3 is 0 Å². The molecule has 0 spiro atoms. The van der Waals surface area contributed by atoms with Crippen molar-refractivity contribution >= 4 is 17.5 Å². The zero-order valence-electron chi connectivity index (χ0n) is 7.76. The molecule has 13 heavy (non-hydrogen) atoms. The van der Waals surface area contributed by atoms with Gasteiger partial charge in [0, 0.05) is 18.3 Å². The van der Waals surface area contributed by atoms with Crippen LogP contribution < -0.4 is 5.32 Å². The second kappa shape index (κ2) is 3.87. The highest BCUT2D eigenvalue weighted by molar-refractivity contribution is 6.18. The molecule has 2 aliphatic carbocycles. The first-order valence-electron chi connectivity index (χ1n) is 5.15. The van der Waals surface area contributed by atoms with Gasteiger partial charge in [-0.1, -0.05) is 6.42 Å². The molecule has 2 saturated carbocycles. The number of fused-ring (bicyclic) bond motifs is 2. The minimum atomic E-state index is 0.243. The number of carbonyl (C=O) groups excluding carboxylic acids is 1. The average Bonchev–Trinajstić information content (AvgIpc) is 2.74. The maximum absolute atomic E-state index is 11.6. The van der Waals surface area contributed by atoms with E-state index >= 15 is 0 Å². The molecule has 0 heterocycles. The van der Waals surface area contributed by atoms with Crippen molar-refractivity contribution in [3.05, 3.63) is 0 Å². The number of carbonyl (C=O) groups is 1. The zero-order chi connectivity index (χ0) is 9.26. The van der Waals surface area contributed by atoms with Gasteiger partial charge in [0.2, 0.25) is 5.91 Å². The molecule has 1 amide bonds. The highest BCUT2D eigenvalue weighted by Crippen LogP contribution is 2.48. The van der Waals surface area contributed by atoms with Crippen molar-refractivity contribution in [1.82, 2.24) is 5.32 Å². The van der Waals surface area contributed by atoms with Gasteiger partial charge in [-0.25, -0.2) is 0 Å². The van der Waals surface area contributed by atoms with Gasteiger partial charge < -0.3 is 5.32 Å². The van der Waals surface area contributed by atoms with Crippen LogP contribution in [0.4, 0.5) is 0 Å². The Hall–Kier alpha value is -0.240. The highest BCUT2D eigenvalue weighted by Gasteiger charge is 2.42. The van der Waals surface area contributed by atoms with Gasteiger partial charge in [0.15, 0.2) is 0 Å². The quantitative estimate of drug-likeness (QED) is 0.693. The predicted molar refractivity (Wildman–Crippen MR) is 52.7 cm³/mol. The molecule has 2 fully saturated rings. The van der Waals surface area contributed by atoms with E-state index in [2.05, 4.69) is 5.32 Å². The van der Waals surface area contributed by atoms with E-state index in [1.807, 2.05) is 0 Å². The summed E-state index contributed by atoms with van der Waals surface area (Å²) < 4.78 is 0. The third-order valence-electron chi connectivity index (χ3n) is 3.47.